The average Bonchev–Trinajstić information content (AvgIpc) is 2.32. The van der Waals surface area contributed by atoms with Crippen LogP contribution in [-0.4, -0.2) is 5.78 Å². The van der Waals surface area contributed by atoms with Crippen LogP contribution in [0.5, 0.6) is 0 Å². The molecule has 2 aromatic carbocycles. The molecule has 0 unspecified atom stereocenters. The smallest absolute Gasteiger partial charge is 0.167 e. The Kier molecular flexibility index (Phi) is 4.18. The third-order valence-electron chi connectivity index (χ3n) is 2.46. The van der Waals surface area contributed by atoms with Gasteiger partial charge in [-0.25, -0.2) is 0 Å². The lowest BCUT2D eigenvalue weighted by atomic mass is 10.0. The molecule has 17 heavy (non-hydrogen) atoms. The summed E-state index contributed by atoms with van der Waals surface area (Å²) in [4.78, 5) is 12.1. The van der Waals surface area contributed by atoms with Gasteiger partial charge >= 0.3 is 0 Å². The van der Waals surface area contributed by atoms with E-state index in [0.717, 1.165) is 14.7 Å². The van der Waals surface area contributed by atoms with E-state index in [1.165, 1.54) is 0 Å². The molecule has 86 valence electrons. The summed E-state index contributed by atoms with van der Waals surface area (Å²) in [5.41, 5.74) is 1.61. The number of Topliss-reactive ketones (excluding diaryl/α,β-unsaturated/α-hetero) is 1. The van der Waals surface area contributed by atoms with Crippen molar-refractivity contribution < 1.29 is 4.79 Å². The van der Waals surface area contributed by atoms with Gasteiger partial charge in [0.1, 0.15) is 0 Å². The maximum absolute atomic E-state index is 12.1. The normalized spacial score (nSPS) is 10.2. The Morgan fingerprint density at radius 3 is 2.59 bits per heavy atom. The van der Waals surface area contributed by atoms with Crippen LogP contribution in [0.2, 0.25) is 5.02 Å². The van der Waals surface area contributed by atoms with Gasteiger partial charge in [0.25, 0.3) is 0 Å². The van der Waals surface area contributed by atoms with Gasteiger partial charge in [-0.05, 0) is 46.4 Å². The van der Waals surface area contributed by atoms with Gasteiger partial charge < -0.3 is 0 Å². The fourth-order valence-electron chi connectivity index (χ4n) is 1.58. The minimum Gasteiger partial charge on any atom is -0.294 e. The first-order valence-corrected chi connectivity index (χ1v) is 6.64. The summed E-state index contributed by atoms with van der Waals surface area (Å²) in [6, 6.07) is 15.0. The Morgan fingerprint density at radius 2 is 1.88 bits per heavy atom. The third-order valence-corrected chi connectivity index (χ3v) is 3.50. The Hall–Kier alpha value is -0.870. The molecule has 2 rings (SSSR count). The van der Waals surface area contributed by atoms with Crippen LogP contribution in [0.1, 0.15) is 15.9 Å². The van der Waals surface area contributed by atoms with E-state index in [0.29, 0.717) is 11.4 Å². The molecule has 0 saturated carbocycles. The molecule has 0 aliphatic carbocycles. The highest BCUT2D eigenvalue weighted by Gasteiger charge is 2.09. The second-order valence-electron chi connectivity index (χ2n) is 3.70. The minimum absolute atomic E-state index is 0.0941. The zero-order chi connectivity index (χ0) is 12.3. The predicted octanol–water partition coefficient (Wildman–Crippen LogP) is 4.37. The third kappa shape index (κ3) is 3.30. The highest BCUT2D eigenvalue weighted by Crippen LogP contribution is 2.18. The van der Waals surface area contributed by atoms with Gasteiger partial charge in [-0.1, -0.05) is 41.9 Å². The number of halogens is 2. The zero-order valence-electron chi connectivity index (χ0n) is 8.99. The fraction of sp³-hybridized carbons (Fsp3) is 0.0714. The van der Waals surface area contributed by atoms with Crippen molar-refractivity contribution in [2.24, 2.45) is 0 Å². The van der Waals surface area contributed by atoms with Crippen LogP contribution in [0.25, 0.3) is 0 Å². The van der Waals surface area contributed by atoms with Crippen LogP contribution in [0.4, 0.5) is 0 Å². The van der Waals surface area contributed by atoms with Crippen molar-refractivity contribution in [3.63, 3.8) is 0 Å². The summed E-state index contributed by atoms with van der Waals surface area (Å²) < 4.78 is 1.06. The van der Waals surface area contributed by atoms with Gasteiger partial charge in [0.05, 0.1) is 0 Å². The number of carbonyl (C=O) groups is 1. The van der Waals surface area contributed by atoms with E-state index >= 15 is 0 Å². The number of carbonyl (C=O) groups excluding carboxylic acids is 1. The first-order valence-electron chi connectivity index (χ1n) is 5.19. The Bertz CT molecular complexity index is 551. The SMILES string of the molecule is O=C(Cc1ccccc1Cl)c1cccc(I)c1. The highest BCUT2D eigenvalue weighted by molar-refractivity contribution is 14.1. The van der Waals surface area contributed by atoms with Crippen LogP contribution in [0, 0.1) is 3.57 Å². The van der Waals surface area contributed by atoms with Gasteiger partial charge in [-0.3, -0.25) is 4.79 Å². The largest absolute Gasteiger partial charge is 0.294 e. The summed E-state index contributed by atoms with van der Waals surface area (Å²) in [7, 11) is 0. The van der Waals surface area contributed by atoms with Crippen molar-refractivity contribution in [1.82, 2.24) is 0 Å². The molecule has 1 nitrogen and oxygen atoms in total. The molecular formula is C14H10ClIO. The number of benzene rings is 2. The molecule has 0 radical (unpaired) electrons. The van der Waals surface area contributed by atoms with E-state index in [1.807, 2.05) is 42.5 Å². The maximum Gasteiger partial charge on any atom is 0.167 e. The lowest BCUT2D eigenvalue weighted by Gasteiger charge is -2.04. The van der Waals surface area contributed by atoms with Crippen molar-refractivity contribution in [3.05, 3.63) is 68.3 Å². The van der Waals surface area contributed by atoms with Gasteiger partial charge in [0.2, 0.25) is 0 Å². The lowest BCUT2D eigenvalue weighted by Crippen LogP contribution is -2.04. The first-order chi connectivity index (χ1) is 8.16. The van der Waals surface area contributed by atoms with E-state index in [9.17, 15) is 4.79 Å². The molecule has 0 N–H and O–H groups in total. The van der Waals surface area contributed by atoms with Gasteiger partial charge in [0, 0.05) is 20.6 Å². The minimum atomic E-state index is 0.0941. The fourth-order valence-corrected chi connectivity index (χ4v) is 2.32. The summed E-state index contributed by atoms with van der Waals surface area (Å²) in [6.45, 7) is 0. The van der Waals surface area contributed by atoms with Gasteiger partial charge in [-0.2, -0.15) is 0 Å². The van der Waals surface area contributed by atoms with Crippen LogP contribution in [0.15, 0.2) is 48.5 Å². The van der Waals surface area contributed by atoms with Crippen molar-refractivity contribution in [3.8, 4) is 0 Å². The number of hydrogen-bond acceptors (Lipinski definition) is 1. The molecule has 0 spiro atoms. The lowest BCUT2D eigenvalue weighted by molar-refractivity contribution is 0.0993. The molecule has 0 atom stereocenters. The Labute approximate surface area is 119 Å². The second kappa shape index (κ2) is 5.65. The van der Waals surface area contributed by atoms with Gasteiger partial charge in [-0.15, -0.1) is 0 Å². The molecule has 0 bridgehead atoms. The molecule has 2 aromatic rings. The molecule has 0 amide bonds. The van der Waals surface area contributed by atoms with Crippen LogP contribution < -0.4 is 0 Å². The molecule has 0 aliphatic rings. The highest BCUT2D eigenvalue weighted by atomic mass is 127. The van der Waals surface area contributed by atoms with Crippen molar-refractivity contribution in [1.29, 1.82) is 0 Å². The molecule has 0 aromatic heterocycles. The van der Waals surface area contributed by atoms with Crippen molar-refractivity contribution in [2.75, 3.05) is 0 Å². The zero-order valence-corrected chi connectivity index (χ0v) is 11.9. The molecule has 0 aliphatic heterocycles. The molecule has 0 fully saturated rings. The summed E-state index contributed by atoms with van der Waals surface area (Å²) in [6.07, 6.45) is 0.347. The standard InChI is InChI=1S/C14H10ClIO/c15-13-7-2-1-4-10(13)9-14(17)11-5-3-6-12(16)8-11/h1-8H,9H2. The first kappa shape index (κ1) is 12.6. The van der Waals surface area contributed by atoms with Crippen molar-refractivity contribution in [2.45, 2.75) is 6.42 Å². The number of rotatable bonds is 3. The summed E-state index contributed by atoms with van der Waals surface area (Å²) in [5, 5.41) is 0.645. The summed E-state index contributed by atoms with van der Waals surface area (Å²) in [5.74, 6) is 0.0941. The van der Waals surface area contributed by atoms with E-state index < -0.39 is 0 Å². The second-order valence-corrected chi connectivity index (χ2v) is 5.35. The molecule has 3 heteroatoms. The Morgan fingerprint density at radius 1 is 1.12 bits per heavy atom. The number of hydrogen-bond donors (Lipinski definition) is 0. The van der Waals surface area contributed by atoms with E-state index in [4.69, 9.17) is 11.6 Å². The molecular weight excluding hydrogens is 347 g/mol. The van der Waals surface area contributed by atoms with Crippen LogP contribution in [0.3, 0.4) is 0 Å². The van der Waals surface area contributed by atoms with Gasteiger partial charge in [0.15, 0.2) is 5.78 Å². The van der Waals surface area contributed by atoms with E-state index in [-0.39, 0.29) is 5.78 Å². The predicted molar refractivity (Wildman–Crippen MR) is 78.6 cm³/mol. The summed E-state index contributed by atoms with van der Waals surface area (Å²) >= 11 is 8.23. The van der Waals surface area contributed by atoms with Crippen LogP contribution >= 0.6 is 34.2 Å². The topological polar surface area (TPSA) is 17.1 Å². The van der Waals surface area contributed by atoms with Crippen molar-refractivity contribution >= 4 is 40.0 Å². The monoisotopic (exact) mass is 356 g/mol. The molecule has 0 heterocycles. The van der Waals surface area contributed by atoms with E-state index in [2.05, 4.69) is 22.6 Å². The average molecular weight is 357 g/mol. The van der Waals surface area contributed by atoms with Crippen LogP contribution in [-0.2, 0) is 6.42 Å². The Balaban J connectivity index is 2.20. The molecule has 0 saturated heterocycles. The number of ketones is 1. The quantitative estimate of drug-likeness (QED) is 0.589. The van der Waals surface area contributed by atoms with E-state index in [1.54, 1.807) is 6.07 Å². The maximum atomic E-state index is 12.1.